The number of benzene rings is 2. The Kier molecular flexibility index (Phi) is 10.8. The molecule has 0 aliphatic heterocycles. The third-order valence-corrected chi connectivity index (χ3v) is 5.85. The third kappa shape index (κ3) is 8.42. The van der Waals surface area contributed by atoms with Gasteiger partial charge < -0.3 is 9.47 Å². The number of carbonyl (C=O) groups is 1. The summed E-state index contributed by atoms with van der Waals surface area (Å²) in [4.78, 5) is 17.0. The fourth-order valence-corrected chi connectivity index (χ4v) is 3.73. The van der Waals surface area contributed by atoms with Crippen LogP contribution in [0.15, 0.2) is 66.9 Å². The van der Waals surface area contributed by atoms with Crippen LogP contribution < -0.4 is 4.74 Å². The van der Waals surface area contributed by atoms with E-state index in [1.165, 1.54) is 31.2 Å². The maximum Gasteiger partial charge on any atom is 0.343 e. The molecule has 0 saturated heterocycles. The number of pyridine rings is 1. The number of ether oxygens (including phenoxy) is 2. The molecule has 1 aromatic heterocycles. The van der Waals surface area contributed by atoms with Gasteiger partial charge in [0.1, 0.15) is 5.75 Å². The summed E-state index contributed by atoms with van der Waals surface area (Å²) in [5.74, 6) is 0.176. The largest absolute Gasteiger partial charge is 0.423 e. The van der Waals surface area contributed by atoms with E-state index >= 15 is 0 Å². The molecule has 0 fully saturated rings. The first kappa shape index (κ1) is 25.6. The molecule has 0 N–H and O–H groups in total. The number of rotatable bonds is 14. The van der Waals surface area contributed by atoms with Gasteiger partial charge in [-0.05, 0) is 72.9 Å². The molecule has 1 heterocycles. The van der Waals surface area contributed by atoms with Crippen molar-refractivity contribution in [2.45, 2.75) is 71.8 Å². The Hall–Kier alpha value is -2.98. The molecule has 2 aromatic carbocycles. The van der Waals surface area contributed by atoms with E-state index in [9.17, 15) is 4.79 Å². The smallest absolute Gasteiger partial charge is 0.343 e. The van der Waals surface area contributed by atoms with Gasteiger partial charge in [0, 0.05) is 18.4 Å². The van der Waals surface area contributed by atoms with E-state index in [0.29, 0.717) is 17.9 Å². The molecule has 0 saturated carbocycles. The molecule has 0 atom stereocenters. The van der Waals surface area contributed by atoms with Crippen molar-refractivity contribution in [3.63, 3.8) is 0 Å². The van der Waals surface area contributed by atoms with Gasteiger partial charge >= 0.3 is 5.97 Å². The Labute approximate surface area is 204 Å². The van der Waals surface area contributed by atoms with Gasteiger partial charge in [0.15, 0.2) is 0 Å². The molecule has 4 nitrogen and oxygen atoms in total. The highest BCUT2D eigenvalue weighted by Gasteiger charge is 2.09. The van der Waals surface area contributed by atoms with E-state index in [1.54, 1.807) is 12.1 Å². The molecule has 34 heavy (non-hydrogen) atoms. The van der Waals surface area contributed by atoms with E-state index in [1.807, 2.05) is 48.7 Å². The third-order valence-electron chi connectivity index (χ3n) is 5.85. The van der Waals surface area contributed by atoms with Crippen LogP contribution in [0.4, 0.5) is 0 Å². The van der Waals surface area contributed by atoms with Crippen molar-refractivity contribution in [3.8, 4) is 17.0 Å². The molecule has 0 spiro atoms. The summed E-state index contributed by atoms with van der Waals surface area (Å²) >= 11 is 0. The predicted molar refractivity (Wildman–Crippen MR) is 138 cm³/mol. The number of aromatic nitrogens is 1. The number of carbonyl (C=O) groups excluding carboxylic acids is 1. The van der Waals surface area contributed by atoms with Gasteiger partial charge in [-0.25, -0.2) is 4.79 Å². The van der Waals surface area contributed by atoms with Gasteiger partial charge in [0.05, 0.1) is 17.9 Å². The molecule has 180 valence electrons. The van der Waals surface area contributed by atoms with Crippen molar-refractivity contribution < 1.29 is 14.3 Å². The Bertz CT molecular complexity index is 979. The van der Waals surface area contributed by atoms with Crippen molar-refractivity contribution in [1.82, 2.24) is 4.98 Å². The first-order valence-electron chi connectivity index (χ1n) is 12.6. The molecule has 3 rings (SSSR count). The molecule has 4 heteroatoms. The number of hydrogen-bond donors (Lipinski definition) is 0. The minimum Gasteiger partial charge on any atom is -0.423 e. The van der Waals surface area contributed by atoms with Crippen LogP contribution in [0.5, 0.6) is 5.75 Å². The predicted octanol–water partition coefficient (Wildman–Crippen LogP) is 7.80. The highest BCUT2D eigenvalue weighted by atomic mass is 16.5. The highest BCUT2D eigenvalue weighted by Crippen LogP contribution is 2.22. The lowest BCUT2D eigenvalue weighted by atomic mass is 10.1. The highest BCUT2D eigenvalue weighted by molar-refractivity contribution is 5.91. The van der Waals surface area contributed by atoms with E-state index in [4.69, 9.17) is 9.47 Å². The zero-order valence-electron chi connectivity index (χ0n) is 20.6. The van der Waals surface area contributed by atoms with Gasteiger partial charge in [-0.2, -0.15) is 0 Å². The van der Waals surface area contributed by atoms with Crippen molar-refractivity contribution >= 4 is 5.97 Å². The second-order valence-electron chi connectivity index (χ2n) is 8.73. The maximum absolute atomic E-state index is 12.5. The number of hydrogen-bond acceptors (Lipinski definition) is 4. The summed E-state index contributed by atoms with van der Waals surface area (Å²) in [7, 11) is 0. The summed E-state index contributed by atoms with van der Waals surface area (Å²) in [6.45, 7) is 5.80. The Morgan fingerprint density at radius 1 is 0.765 bits per heavy atom. The molecule has 3 aromatic rings. The lowest BCUT2D eigenvalue weighted by molar-refractivity contribution is 0.0734. The van der Waals surface area contributed by atoms with Crippen LogP contribution in [0.2, 0.25) is 0 Å². The fourth-order valence-electron chi connectivity index (χ4n) is 3.73. The summed E-state index contributed by atoms with van der Waals surface area (Å²) in [5, 5.41) is 0. The Balaban J connectivity index is 1.46. The van der Waals surface area contributed by atoms with Crippen LogP contribution in [0.3, 0.4) is 0 Å². The maximum atomic E-state index is 12.5. The van der Waals surface area contributed by atoms with E-state index in [2.05, 4.69) is 24.9 Å². The number of nitrogens with zero attached hydrogens (tertiary/aromatic N) is 1. The number of unbranched alkanes of at least 4 members (excludes halogenated alkanes) is 5. The lowest BCUT2D eigenvalue weighted by Crippen LogP contribution is -2.08. The molecule has 0 amide bonds. The minimum absolute atomic E-state index is 0.345. The Morgan fingerprint density at radius 2 is 1.47 bits per heavy atom. The summed E-state index contributed by atoms with van der Waals surface area (Å²) in [6.07, 6.45) is 11.4. The minimum atomic E-state index is -0.345. The second kappa shape index (κ2) is 14.3. The van der Waals surface area contributed by atoms with E-state index in [-0.39, 0.29) is 5.97 Å². The first-order chi connectivity index (χ1) is 16.7. The average molecular weight is 460 g/mol. The van der Waals surface area contributed by atoms with Crippen molar-refractivity contribution in [2.24, 2.45) is 0 Å². The van der Waals surface area contributed by atoms with Gasteiger partial charge in [-0.3, -0.25) is 4.98 Å². The quantitative estimate of drug-likeness (QED) is 0.140. The summed E-state index contributed by atoms with van der Waals surface area (Å²) in [6, 6.07) is 19.2. The molecule has 0 bridgehead atoms. The monoisotopic (exact) mass is 459 g/mol. The molecular formula is C30H37NO3. The first-order valence-corrected chi connectivity index (χ1v) is 12.6. The fraction of sp³-hybridized carbons (Fsp3) is 0.400. The molecule has 0 radical (unpaired) electrons. The molecule has 0 aliphatic carbocycles. The standard InChI is InChI=1S/C30H37NO3/c1-3-5-7-8-9-21-33-23-25-13-20-29(31-22-25)26-16-18-28(19-17-26)34-30(32)27-14-11-24(12-15-27)10-6-4-2/h11-20,22H,3-10,21,23H2,1-2H3. The van der Waals surface area contributed by atoms with Crippen LogP contribution >= 0.6 is 0 Å². The molecule has 0 aliphatic rings. The van der Waals surface area contributed by atoms with Crippen LogP contribution in [-0.2, 0) is 17.8 Å². The van der Waals surface area contributed by atoms with E-state index in [0.717, 1.165) is 49.1 Å². The SMILES string of the molecule is CCCCCCCOCc1ccc(-c2ccc(OC(=O)c3ccc(CCCC)cc3)cc2)nc1. The lowest BCUT2D eigenvalue weighted by Gasteiger charge is -2.08. The molecular weight excluding hydrogens is 422 g/mol. The number of aryl methyl sites for hydroxylation is 1. The van der Waals surface area contributed by atoms with Gasteiger partial charge in [0.2, 0.25) is 0 Å². The van der Waals surface area contributed by atoms with Crippen LogP contribution in [0.25, 0.3) is 11.3 Å². The van der Waals surface area contributed by atoms with Crippen LogP contribution in [0, 0.1) is 0 Å². The molecule has 0 unspecified atom stereocenters. The van der Waals surface area contributed by atoms with Crippen molar-refractivity contribution in [2.75, 3.05) is 6.61 Å². The van der Waals surface area contributed by atoms with Crippen molar-refractivity contribution in [1.29, 1.82) is 0 Å². The Morgan fingerprint density at radius 3 is 2.15 bits per heavy atom. The summed E-state index contributed by atoms with van der Waals surface area (Å²) in [5.41, 5.74) is 4.73. The van der Waals surface area contributed by atoms with Crippen LogP contribution in [-0.4, -0.2) is 17.6 Å². The zero-order valence-corrected chi connectivity index (χ0v) is 20.6. The average Bonchev–Trinajstić information content (AvgIpc) is 2.88. The topological polar surface area (TPSA) is 48.4 Å². The van der Waals surface area contributed by atoms with Crippen molar-refractivity contribution in [3.05, 3.63) is 83.6 Å². The van der Waals surface area contributed by atoms with Crippen LogP contribution in [0.1, 0.15) is 80.3 Å². The van der Waals surface area contributed by atoms with Gasteiger partial charge in [-0.15, -0.1) is 0 Å². The van der Waals surface area contributed by atoms with Gasteiger partial charge in [-0.1, -0.05) is 64.2 Å². The van der Waals surface area contributed by atoms with Gasteiger partial charge in [0.25, 0.3) is 0 Å². The summed E-state index contributed by atoms with van der Waals surface area (Å²) < 4.78 is 11.3. The zero-order chi connectivity index (χ0) is 24.0. The normalized spacial score (nSPS) is 10.9. The second-order valence-corrected chi connectivity index (χ2v) is 8.73. The van der Waals surface area contributed by atoms with E-state index < -0.39 is 0 Å². The number of esters is 1.